The van der Waals surface area contributed by atoms with Gasteiger partial charge < -0.3 is 4.98 Å². The molecule has 0 aliphatic carbocycles. The average molecular weight is 526 g/mol. The largest absolute Gasteiger partial charge is 0.336 e. The Balaban J connectivity index is 1.25. The predicted octanol–water partition coefficient (Wildman–Crippen LogP) is 6.21. The maximum absolute atomic E-state index is 14.5. The smallest absolute Gasteiger partial charge is 0.261 e. The van der Waals surface area contributed by atoms with Crippen LogP contribution in [0.3, 0.4) is 0 Å². The summed E-state index contributed by atoms with van der Waals surface area (Å²) in [6, 6.07) is 16.2. The molecule has 4 aromatic heterocycles. The Labute approximate surface area is 220 Å². The van der Waals surface area contributed by atoms with Gasteiger partial charge in [0, 0.05) is 54.6 Å². The van der Waals surface area contributed by atoms with Crippen molar-refractivity contribution < 1.29 is 13.2 Å². The number of benzene rings is 2. The molecule has 0 radical (unpaired) electrons. The molecule has 194 valence electrons. The number of pyridine rings is 2. The van der Waals surface area contributed by atoms with Gasteiger partial charge in [0.25, 0.3) is 5.92 Å². The minimum absolute atomic E-state index is 0.111. The molecule has 1 fully saturated rings. The number of alkyl halides is 2. The zero-order valence-electron chi connectivity index (χ0n) is 20.6. The first-order valence-electron chi connectivity index (χ1n) is 12.6. The molecule has 7 nitrogen and oxygen atoms in total. The Kier molecular flexibility index (Phi) is 5.44. The van der Waals surface area contributed by atoms with Crippen LogP contribution in [0.25, 0.3) is 55.8 Å². The van der Waals surface area contributed by atoms with Crippen LogP contribution < -0.4 is 0 Å². The summed E-state index contributed by atoms with van der Waals surface area (Å²) < 4.78 is 41.8. The van der Waals surface area contributed by atoms with Gasteiger partial charge in [0.05, 0.1) is 17.6 Å². The zero-order chi connectivity index (χ0) is 26.6. The number of likely N-dealkylation sites (tertiary alicyclic amines) is 1. The molecule has 0 saturated carbocycles. The molecule has 1 aliphatic rings. The minimum Gasteiger partial charge on any atom is -0.336 e. The SMILES string of the molecule is Fc1ccccc1-c1nccc2[nH]c(-c3n[nH]c4ccc(-c5cncc(CN6CCC(F)(F)C6)c5)cc34)nc12. The van der Waals surface area contributed by atoms with Crippen LogP contribution in [0.1, 0.15) is 12.0 Å². The molecule has 2 aromatic carbocycles. The highest BCUT2D eigenvalue weighted by Gasteiger charge is 2.37. The van der Waals surface area contributed by atoms with Crippen LogP contribution in [-0.2, 0) is 6.54 Å². The van der Waals surface area contributed by atoms with Gasteiger partial charge in [0.2, 0.25) is 0 Å². The van der Waals surface area contributed by atoms with Gasteiger partial charge in [-0.15, -0.1) is 0 Å². The number of hydrogen-bond acceptors (Lipinski definition) is 5. The number of imidazole rings is 1. The van der Waals surface area contributed by atoms with Gasteiger partial charge in [-0.2, -0.15) is 5.10 Å². The molecule has 0 unspecified atom stereocenters. The molecular weight excluding hydrogens is 503 g/mol. The number of nitrogens with zero attached hydrogens (tertiary/aromatic N) is 5. The van der Waals surface area contributed by atoms with Crippen molar-refractivity contribution >= 4 is 21.9 Å². The van der Waals surface area contributed by atoms with Crippen molar-refractivity contribution in [3.63, 3.8) is 0 Å². The van der Waals surface area contributed by atoms with Gasteiger partial charge >= 0.3 is 0 Å². The normalized spacial score (nSPS) is 15.5. The second-order valence-electron chi connectivity index (χ2n) is 9.85. The van der Waals surface area contributed by atoms with E-state index in [1.54, 1.807) is 47.8 Å². The Morgan fingerprint density at radius 2 is 1.85 bits per heavy atom. The third kappa shape index (κ3) is 4.32. The van der Waals surface area contributed by atoms with E-state index in [1.807, 2.05) is 24.3 Å². The maximum atomic E-state index is 14.5. The number of halogens is 3. The van der Waals surface area contributed by atoms with Crippen molar-refractivity contribution in [2.45, 2.75) is 18.9 Å². The van der Waals surface area contributed by atoms with E-state index in [0.717, 1.165) is 33.1 Å². The second-order valence-corrected chi connectivity index (χ2v) is 9.85. The number of aromatic nitrogens is 6. The number of rotatable bonds is 5. The van der Waals surface area contributed by atoms with E-state index in [4.69, 9.17) is 4.98 Å². The van der Waals surface area contributed by atoms with E-state index in [0.29, 0.717) is 41.4 Å². The van der Waals surface area contributed by atoms with Crippen LogP contribution in [-0.4, -0.2) is 54.0 Å². The number of hydrogen-bond donors (Lipinski definition) is 2. The lowest BCUT2D eigenvalue weighted by molar-refractivity contribution is 0.0115. The van der Waals surface area contributed by atoms with E-state index in [2.05, 4.69) is 25.1 Å². The Hall–Kier alpha value is -4.57. The molecule has 6 aromatic rings. The maximum Gasteiger partial charge on any atom is 0.261 e. The predicted molar refractivity (Wildman–Crippen MR) is 142 cm³/mol. The third-order valence-corrected chi connectivity index (χ3v) is 7.10. The molecule has 10 heteroatoms. The van der Waals surface area contributed by atoms with E-state index < -0.39 is 5.92 Å². The average Bonchev–Trinajstić information content (AvgIpc) is 3.64. The number of fused-ring (bicyclic) bond motifs is 2. The Bertz CT molecular complexity index is 1840. The van der Waals surface area contributed by atoms with E-state index in [9.17, 15) is 13.2 Å². The van der Waals surface area contributed by atoms with Crippen molar-refractivity contribution in [1.82, 2.24) is 35.0 Å². The summed E-state index contributed by atoms with van der Waals surface area (Å²) >= 11 is 0. The highest BCUT2D eigenvalue weighted by atomic mass is 19.3. The summed E-state index contributed by atoms with van der Waals surface area (Å²) in [5, 5.41) is 8.41. The van der Waals surface area contributed by atoms with Crippen LogP contribution in [0.5, 0.6) is 0 Å². The van der Waals surface area contributed by atoms with Crippen LogP contribution in [0.15, 0.2) is 73.2 Å². The summed E-state index contributed by atoms with van der Waals surface area (Å²) in [6.45, 7) is 0.563. The zero-order valence-corrected chi connectivity index (χ0v) is 20.6. The lowest BCUT2D eigenvalue weighted by atomic mass is 10.0. The highest BCUT2D eigenvalue weighted by Crippen LogP contribution is 2.33. The van der Waals surface area contributed by atoms with Crippen LogP contribution in [0.4, 0.5) is 13.2 Å². The first-order valence-corrected chi connectivity index (χ1v) is 12.6. The van der Waals surface area contributed by atoms with Gasteiger partial charge in [-0.3, -0.25) is 20.0 Å². The molecule has 39 heavy (non-hydrogen) atoms. The summed E-state index contributed by atoms with van der Waals surface area (Å²) in [5.74, 6) is -2.47. The highest BCUT2D eigenvalue weighted by molar-refractivity contribution is 5.97. The molecular formula is C29H22F3N7. The summed E-state index contributed by atoms with van der Waals surface area (Å²) in [6.07, 6.45) is 4.99. The van der Waals surface area contributed by atoms with E-state index in [-0.39, 0.29) is 18.8 Å². The molecule has 5 heterocycles. The minimum atomic E-state index is -2.63. The van der Waals surface area contributed by atoms with E-state index in [1.165, 1.54) is 6.07 Å². The van der Waals surface area contributed by atoms with Crippen LogP contribution >= 0.6 is 0 Å². The molecule has 7 rings (SSSR count). The summed E-state index contributed by atoms with van der Waals surface area (Å²) in [5.41, 5.74) is 6.20. The monoisotopic (exact) mass is 525 g/mol. The van der Waals surface area contributed by atoms with Crippen molar-refractivity contribution in [3.05, 3.63) is 84.6 Å². The second kappa shape index (κ2) is 9.02. The molecule has 0 amide bonds. The Morgan fingerprint density at radius 1 is 0.949 bits per heavy atom. The van der Waals surface area contributed by atoms with E-state index >= 15 is 0 Å². The molecule has 0 bridgehead atoms. The van der Waals surface area contributed by atoms with Gasteiger partial charge in [0.15, 0.2) is 5.82 Å². The fourth-order valence-electron chi connectivity index (χ4n) is 5.20. The number of aromatic amines is 2. The molecule has 1 aliphatic heterocycles. The fraction of sp³-hybridized carbons (Fsp3) is 0.172. The van der Waals surface area contributed by atoms with Crippen molar-refractivity contribution in [3.8, 4) is 33.9 Å². The van der Waals surface area contributed by atoms with Gasteiger partial charge in [0.1, 0.15) is 22.7 Å². The summed E-state index contributed by atoms with van der Waals surface area (Å²) in [7, 11) is 0. The Morgan fingerprint density at radius 3 is 2.69 bits per heavy atom. The molecule has 1 saturated heterocycles. The lowest BCUT2D eigenvalue weighted by Crippen LogP contribution is -2.24. The number of H-pyrrole nitrogens is 2. The van der Waals surface area contributed by atoms with Crippen LogP contribution in [0.2, 0.25) is 0 Å². The standard InChI is InChI=1S/C29H22F3N7/c30-22-4-2-1-3-20(22)25-27-24(7-9-34-25)35-28(36-27)26-21-12-18(5-6-23(21)37-38-26)19-11-17(13-33-14-19)15-39-10-8-29(31,32)16-39/h1-7,9,11-14H,8,10,15-16H2,(H,35,36)(H,37,38). The lowest BCUT2D eigenvalue weighted by Gasteiger charge is -2.15. The molecule has 0 spiro atoms. The third-order valence-electron chi connectivity index (χ3n) is 7.10. The quantitative estimate of drug-likeness (QED) is 0.280. The van der Waals surface area contributed by atoms with Gasteiger partial charge in [-0.1, -0.05) is 18.2 Å². The van der Waals surface area contributed by atoms with Gasteiger partial charge in [-0.05, 0) is 47.5 Å². The molecule has 0 atom stereocenters. The summed E-state index contributed by atoms with van der Waals surface area (Å²) in [4.78, 5) is 18.6. The first kappa shape index (κ1) is 23.5. The molecule has 2 N–H and O–H groups in total. The van der Waals surface area contributed by atoms with Gasteiger partial charge in [-0.25, -0.2) is 18.2 Å². The topological polar surface area (TPSA) is 86.4 Å². The van der Waals surface area contributed by atoms with Crippen molar-refractivity contribution in [2.24, 2.45) is 0 Å². The van der Waals surface area contributed by atoms with Crippen LogP contribution in [0, 0.1) is 5.82 Å². The first-order chi connectivity index (χ1) is 18.9. The fourth-order valence-corrected chi connectivity index (χ4v) is 5.20. The van der Waals surface area contributed by atoms with Crippen molar-refractivity contribution in [1.29, 1.82) is 0 Å². The number of nitrogens with one attached hydrogen (secondary N) is 2. The van der Waals surface area contributed by atoms with Crippen molar-refractivity contribution in [2.75, 3.05) is 13.1 Å².